The minimum atomic E-state index is -3.86. The number of fused-ring (bicyclic) bond motifs is 1. The number of nitriles is 1. The lowest BCUT2D eigenvalue weighted by Crippen LogP contribution is -2.36. The minimum absolute atomic E-state index is 0.0221. The molecule has 0 unspecified atom stereocenters. The maximum Gasteiger partial charge on any atom is 0.261 e. The van der Waals surface area contributed by atoms with Crippen molar-refractivity contribution in [1.29, 1.82) is 5.26 Å². The number of aromatic nitrogens is 2. The Kier molecular flexibility index (Phi) is 8.96. The molecule has 0 amide bonds. The van der Waals surface area contributed by atoms with Crippen LogP contribution in [0.4, 0.5) is 21.5 Å². The van der Waals surface area contributed by atoms with E-state index < -0.39 is 23.9 Å². The highest BCUT2D eigenvalue weighted by Crippen LogP contribution is 2.35. The van der Waals surface area contributed by atoms with Gasteiger partial charge in [0.2, 0.25) is 10.0 Å². The van der Waals surface area contributed by atoms with E-state index in [1.807, 2.05) is 6.07 Å². The topological polar surface area (TPSA) is 117 Å². The zero-order chi connectivity index (χ0) is 28.3. The van der Waals surface area contributed by atoms with E-state index in [2.05, 4.69) is 29.9 Å². The van der Waals surface area contributed by atoms with Crippen molar-refractivity contribution in [2.24, 2.45) is 7.05 Å². The van der Waals surface area contributed by atoms with Crippen molar-refractivity contribution in [3.05, 3.63) is 57.9 Å². The number of hydrogen-bond donors (Lipinski definition) is 1. The Hall–Kier alpha value is -3.27. The van der Waals surface area contributed by atoms with Crippen LogP contribution < -0.4 is 15.2 Å². The summed E-state index contributed by atoms with van der Waals surface area (Å²) in [4.78, 5) is 17.0. The van der Waals surface area contributed by atoms with Gasteiger partial charge in [-0.15, -0.1) is 0 Å². The molecule has 1 heterocycles. The molecule has 0 saturated carbocycles. The number of benzene rings is 2. The molecule has 204 valence electrons. The predicted octanol–water partition coefficient (Wildman–Crippen LogP) is 4.85. The van der Waals surface area contributed by atoms with Crippen molar-refractivity contribution >= 4 is 46.1 Å². The highest BCUT2D eigenvalue weighted by atomic mass is 32.2. The van der Waals surface area contributed by atoms with Gasteiger partial charge in [-0.2, -0.15) is 5.26 Å². The molecule has 12 heteroatoms. The van der Waals surface area contributed by atoms with Crippen LogP contribution in [0.3, 0.4) is 0 Å². The summed E-state index contributed by atoms with van der Waals surface area (Å²) in [7, 11) is -3.69. The van der Waals surface area contributed by atoms with E-state index in [1.165, 1.54) is 17.0 Å². The lowest BCUT2D eigenvalue weighted by atomic mass is 10.1. The van der Waals surface area contributed by atoms with Crippen LogP contribution in [0.2, 0.25) is 25.7 Å². The summed E-state index contributed by atoms with van der Waals surface area (Å²) < 4.78 is 49.7. The third kappa shape index (κ3) is 6.40. The number of nitrogens with one attached hydrogen (secondary N) is 1. The van der Waals surface area contributed by atoms with Crippen LogP contribution in [0.5, 0.6) is 0 Å². The molecule has 0 fully saturated rings. The summed E-state index contributed by atoms with van der Waals surface area (Å²) >= 11 is 0. The molecular formula is C26H34FN5O4SSi. The van der Waals surface area contributed by atoms with Crippen LogP contribution in [-0.2, 0) is 21.8 Å². The van der Waals surface area contributed by atoms with Crippen molar-refractivity contribution in [2.45, 2.75) is 46.0 Å². The van der Waals surface area contributed by atoms with Crippen molar-refractivity contribution in [3.63, 3.8) is 0 Å². The standard InChI is InChI=1S/C26H34FN5O4SSi/c1-7-13-37(34,35)32(17-36-12-14-38(4,5)6)23-11-8-20(27)25(19(23)15-28)30-21-9-10-22-24(18(21)2)26(33)31(3)16-29-22/h8-11,16,30H,7,12-14,17H2,1-6H3. The van der Waals surface area contributed by atoms with Crippen LogP contribution in [-0.4, -0.2) is 45.1 Å². The first kappa shape index (κ1) is 29.3. The van der Waals surface area contributed by atoms with E-state index in [0.717, 1.165) is 16.4 Å². The number of aryl methyl sites for hydroxylation is 2. The van der Waals surface area contributed by atoms with E-state index >= 15 is 4.39 Å². The van der Waals surface area contributed by atoms with Crippen molar-refractivity contribution in [2.75, 3.05) is 28.7 Å². The summed E-state index contributed by atoms with van der Waals surface area (Å²) in [6.45, 7) is 10.1. The molecule has 3 aromatic rings. The number of nitrogens with zero attached hydrogens (tertiary/aromatic N) is 4. The molecule has 1 N–H and O–H groups in total. The molecule has 0 spiro atoms. The third-order valence-electron chi connectivity index (χ3n) is 6.12. The first-order valence-corrected chi connectivity index (χ1v) is 17.6. The van der Waals surface area contributed by atoms with Crippen LogP contribution in [0, 0.1) is 24.1 Å². The monoisotopic (exact) mass is 559 g/mol. The quantitative estimate of drug-likeness (QED) is 0.203. The van der Waals surface area contributed by atoms with E-state index in [1.54, 1.807) is 33.0 Å². The molecule has 3 rings (SSSR count). The zero-order valence-corrected chi connectivity index (χ0v) is 24.4. The van der Waals surface area contributed by atoms with Gasteiger partial charge in [0, 0.05) is 27.4 Å². The second-order valence-electron chi connectivity index (χ2n) is 10.4. The highest BCUT2D eigenvalue weighted by Gasteiger charge is 2.28. The SMILES string of the molecule is CCCS(=O)(=O)N(COCC[Si](C)(C)C)c1ccc(F)c(Nc2ccc3ncn(C)c(=O)c3c2C)c1C#N. The van der Waals surface area contributed by atoms with Crippen molar-refractivity contribution in [1.82, 2.24) is 9.55 Å². The Bertz CT molecular complexity index is 1540. The molecule has 0 atom stereocenters. The summed E-state index contributed by atoms with van der Waals surface area (Å²) in [6.07, 6.45) is 1.78. The summed E-state index contributed by atoms with van der Waals surface area (Å²) in [5, 5.41) is 13.4. The van der Waals surface area contributed by atoms with E-state index in [0.29, 0.717) is 35.2 Å². The molecule has 0 aliphatic rings. The summed E-state index contributed by atoms with van der Waals surface area (Å²) in [6, 6.07) is 8.48. The fourth-order valence-electron chi connectivity index (χ4n) is 3.93. The summed E-state index contributed by atoms with van der Waals surface area (Å²) in [5.74, 6) is -0.897. The number of hydrogen-bond acceptors (Lipinski definition) is 7. The average molecular weight is 560 g/mol. The molecule has 0 aliphatic heterocycles. The molecule has 9 nitrogen and oxygen atoms in total. The Balaban J connectivity index is 2.09. The number of rotatable bonds is 11. The van der Waals surface area contributed by atoms with Crippen LogP contribution in [0.1, 0.15) is 24.5 Å². The van der Waals surface area contributed by atoms with Crippen LogP contribution in [0.25, 0.3) is 10.9 Å². The zero-order valence-electron chi connectivity index (χ0n) is 22.6. The Morgan fingerprint density at radius 2 is 1.95 bits per heavy atom. The van der Waals surface area contributed by atoms with Gasteiger partial charge in [-0.1, -0.05) is 26.6 Å². The van der Waals surface area contributed by atoms with E-state index in [-0.39, 0.29) is 35.0 Å². The van der Waals surface area contributed by atoms with Gasteiger partial charge >= 0.3 is 0 Å². The summed E-state index contributed by atoms with van der Waals surface area (Å²) in [5.41, 5.74) is 0.786. The molecule has 0 bridgehead atoms. The number of anilines is 3. The predicted molar refractivity (Wildman–Crippen MR) is 152 cm³/mol. The van der Waals surface area contributed by atoms with Gasteiger partial charge in [-0.3, -0.25) is 4.79 Å². The fraction of sp³-hybridized carbons (Fsp3) is 0.423. The first-order chi connectivity index (χ1) is 17.8. The number of halogens is 1. The Morgan fingerprint density at radius 3 is 2.58 bits per heavy atom. The molecule has 0 radical (unpaired) electrons. The second kappa shape index (κ2) is 11.6. The largest absolute Gasteiger partial charge is 0.360 e. The second-order valence-corrected chi connectivity index (χ2v) is 18.0. The van der Waals surface area contributed by atoms with Gasteiger partial charge in [0.15, 0.2) is 0 Å². The molecular weight excluding hydrogens is 525 g/mol. The average Bonchev–Trinajstić information content (AvgIpc) is 2.83. The van der Waals surface area contributed by atoms with Gasteiger partial charge in [0.25, 0.3) is 5.56 Å². The molecule has 2 aromatic carbocycles. The van der Waals surface area contributed by atoms with Crippen LogP contribution >= 0.6 is 0 Å². The molecule has 0 aliphatic carbocycles. The van der Waals surface area contributed by atoms with E-state index in [4.69, 9.17) is 4.74 Å². The van der Waals surface area contributed by atoms with Gasteiger partial charge < -0.3 is 14.6 Å². The fourth-order valence-corrected chi connectivity index (χ4v) is 6.11. The minimum Gasteiger partial charge on any atom is -0.360 e. The highest BCUT2D eigenvalue weighted by molar-refractivity contribution is 7.92. The smallest absolute Gasteiger partial charge is 0.261 e. The molecule has 1 aromatic heterocycles. The van der Waals surface area contributed by atoms with Gasteiger partial charge in [0.05, 0.1) is 34.4 Å². The Morgan fingerprint density at radius 1 is 1.24 bits per heavy atom. The lowest BCUT2D eigenvalue weighted by molar-refractivity contribution is 0.156. The van der Waals surface area contributed by atoms with Gasteiger partial charge in [-0.25, -0.2) is 22.1 Å². The van der Waals surface area contributed by atoms with E-state index in [9.17, 15) is 18.5 Å². The van der Waals surface area contributed by atoms with Crippen molar-refractivity contribution < 1.29 is 17.5 Å². The molecule has 0 saturated heterocycles. The number of ether oxygens (including phenoxy) is 1. The van der Waals surface area contributed by atoms with Gasteiger partial charge in [-0.05, 0) is 49.2 Å². The lowest BCUT2D eigenvalue weighted by Gasteiger charge is -2.27. The third-order valence-corrected chi connectivity index (χ3v) is 9.72. The first-order valence-electron chi connectivity index (χ1n) is 12.3. The van der Waals surface area contributed by atoms with Crippen LogP contribution in [0.15, 0.2) is 35.4 Å². The van der Waals surface area contributed by atoms with Crippen molar-refractivity contribution in [3.8, 4) is 6.07 Å². The normalized spacial score (nSPS) is 11.9. The maximum atomic E-state index is 15.2. The maximum absolute atomic E-state index is 15.2. The molecule has 38 heavy (non-hydrogen) atoms. The van der Waals surface area contributed by atoms with Gasteiger partial charge in [0.1, 0.15) is 24.2 Å². The number of sulfonamides is 1. The Labute approximate surface area is 223 Å².